The number of hydrogen-bond donors (Lipinski definition) is 1. The third-order valence-electron chi connectivity index (χ3n) is 3.43. The lowest BCUT2D eigenvalue weighted by Crippen LogP contribution is -2.35. The maximum atomic E-state index is 6.06. The van der Waals surface area contributed by atoms with Crippen LogP contribution in [0.25, 0.3) is 0 Å². The molecule has 18 heavy (non-hydrogen) atoms. The quantitative estimate of drug-likeness (QED) is 0.888. The normalized spacial score (nSPS) is 18.6. The van der Waals surface area contributed by atoms with Gasteiger partial charge in [-0.15, -0.1) is 0 Å². The van der Waals surface area contributed by atoms with E-state index >= 15 is 0 Å². The first-order chi connectivity index (χ1) is 8.75. The van der Waals surface area contributed by atoms with Crippen LogP contribution in [0.15, 0.2) is 18.5 Å². The van der Waals surface area contributed by atoms with Gasteiger partial charge in [-0.1, -0.05) is 24.9 Å². The molecule has 1 saturated heterocycles. The zero-order valence-corrected chi connectivity index (χ0v) is 11.8. The molecule has 2 rings (SSSR count). The Morgan fingerprint density at radius 1 is 1.39 bits per heavy atom. The lowest BCUT2D eigenvalue weighted by atomic mass is 10.1. The summed E-state index contributed by atoms with van der Waals surface area (Å²) in [7, 11) is 0. The van der Waals surface area contributed by atoms with E-state index in [2.05, 4.69) is 22.1 Å². The average molecular weight is 268 g/mol. The number of likely N-dealkylation sites (tertiary alicyclic amines) is 1. The van der Waals surface area contributed by atoms with Crippen LogP contribution in [0.2, 0.25) is 5.02 Å². The molecule has 1 aromatic rings. The van der Waals surface area contributed by atoms with Crippen LogP contribution in [0, 0.1) is 5.92 Å². The largest absolute Gasteiger partial charge is 0.383 e. The molecule has 0 amide bonds. The zero-order valence-electron chi connectivity index (χ0n) is 11.0. The number of nitrogens with one attached hydrogen (secondary N) is 1. The molecule has 1 aliphatic rings. The number of aromatic nitrogens is 1. The van der Waals surface area contributed by atoms with Gasteiger partial charge in [0.05, 0.1) is 10.7 Å². The van der Waals surface area contributed by atoms with Crippen LogP contribution in [-0.4, -0.2) is 36.1 Å². The maximum absolute atomic E-state index is 6.06. The fourth-order valence-electron chi connectivity index (χ4n) is 2.45. The number of piperidine rings is 1. The van der Waals surface area contributed by atoms with Crippen molar-refractivity contribution in [3.05, 3.63) is 23.5 Å². The van der Waals surface area contributed by atoms with E-state index in [9.17, 15) is 0 Å². The van der Waals surface area contributed by atoms with E-state index in [0.29, 0.717) is 10.9 Å². The van der Waals surface area contributed by atoms with Gasteiger partial charge in [0.15, 0.2) is 0 Å². The Labute approximate surface area is 115 Å². The average Bonchev–Trinajstić information content (AvgIpc) is 2.39. The molecule has 1 aliphatic heterocycles. The predicted octanol–water partition coefficient (Wildman–Crippen LogP) is 3.27. The van der Waals surface area contributed by atoms with Crippen molar-refractivity contribution in [2.75, 3.05) is 31.5 Å². The van der Waals surface area contributed by atoms with Crippen LogP contribution < -0.4 is 5.32 Å². The summed E-state index contributed by atoms with van der Waals surface area (Å²) in [4.78, 5) is 6.56. The van der Waals surface area contributed by atoms with Gasteiger partial charge in [-0.2, -0.15) is 0 Å². The highest BCUT2D eigenvalue weighted by molar-refractivity contribution is 6.33. The summed E-state index contributed by atoms with van der Waals surface area (Å²) in [6.07, 6.45) is 7.56. The van der Waals surface area contributed by atoms with E-state index in [1.165, 1.54) is 38.9 Å². The summed E-state index contributed by atoms with van der Waals surface area (Å²) in [6, 6.07) is 1.93. The molecule has 0 radical (unpaired) electrons. The molecule has 0 aromatic carbocycles. The Hall–Kier alpha value is -0.800. The second kappa shape index (κ2) is 6.95. The molecule has 3 nitrogen and oxygen atoms in total. The lowest BCUT2D eigenvalue weighted by Gasteiger charge is -2.29. The van der Waals surface area contributed by atoms with Gasteiger partial charge >= 0.3 is 0 Å². The lowest BCUT2D eigenvalue weighted by molar-refractivity contribution is 0.204. The van der Waals surface area contributed by atoms with Crippen molar-refractivity contribution in [1.29, 1.82) is 0 Å². The number of pyridine rings is 1. The van der Waals surface area contributed by atoms with Crippen molar-refractivity contribution in [2.45, 2.75) is 26.2 Å². The fourth-order valence-corrected chi connectivity index (χ4v) is 2.64. The number of rotatable bonds is 5. The molecular formula is C14H22ClN3. The molecule has 100 valence electrons. The van der Waals surface area contributed by atoms with Crippen molar-refractivity contribution in [3.63, 3.8) is 0 Å². The van der Waals surface area contributed by atoms with Gasteiger partial charge in [-0.25, -0.2) is 0 Å². The summed E-state index contributed by atoms with van der Waals surface area (Å²) in [5, 5.41) is 4.10. The number of hydrogen-bond acceptors (Lipinski definition) is 3. The molecule has 1 fully saturated rings. The minimum absolute atomic E-state index is 0.632. The van der Waals surface area contributed by atoms with Crippen molar-refractivity contribution in [3.8, 4) is 0 Å². The minimum Gasteiger partial charge on any atom is -0.383 e. The second-order valence-electron chi connectivity index (χ2n) is 5.20. The molecule has 2 heterocycles. The molecule has 0 aliphatic carbocycles. The first-order valence-corrected chi connectivity index (χ1v) is 7.19. The van der Waals surface area contributed by atoms with E-state index in [0.717, 1.165) is 12.2 Å². The maximum Gasteiger partial charge on any atom is 0.0820 e. The Kier molecular flexibility index (Phi) is 5.26. The molecule has 1 unspecified atom stereocenters. The molecule has 1 N–H and O–H groups in total. The Morgan fingerprint density at radius 2 is 2.17 bits per heavy atom. The molecule has 4 heteroatoms. The van der Waals surface area contributed by atoms with Crippen molar-refractivity contribution in [2.24, 2.45) is 5.92 Å². The van der Waals surface area contributed by atoms with Gasteiger partial charge in [-0.05, 0) is 37.9 Å². The zero-order chi connectivity index (χ0) is 12.8. The third-order valence-corrected chi connectivity index (χ3v) is 3.73. The van der Waals surface area contributed by atoms with Gasteiger partial charge in [0.25, 0.3) is 0 Å². The van der Waals surface area contributed by atoms with Crippen LogP contribution in [-0.2, 0) is 0 Å². The smallest absolute Gasteiger partial charge is 0.0820 e. The molecule has 0 saturated carbocycles. The summed E-state index contributed by atoms with van der Waals surface area (Å²) in [6.45, 7) is 6.95. The topological polar surface area (TPSA) is 28.2 Å². The Morgan fingerprint density at radius 3 is 2.89 bits per heavy atom. The molecular weight excluding hydrogens is 246 g/mol. The fraction of sp³-hybridized carbons (Fsp3) is 0.643. The summed E-state index contributed by atoms with van der Waals surface area (Å²) in [5.74, 6) is 0.632. The monoisotopic (exact) mass is 267 g/mol. The highest BCUT2D eigenvalue weighted by Crippen LogP contribution is 2.19. The van der Waals surface area contributed by atoms with Crippen molar-refractivity contribution >= 4 is 17.3 Å². The van der Waals surface area contributed by atoms with Crippen LogP contribution in [0.3, 0.4) is 0 Å². The van der Waals surface area contributed by atoms with Gasteiger partial charge < -0.3 is 10.2 Å². The van der Waals surface area contributed by atoms with Crippen LogP contribution in [0.1, 0.15) is 26.2 Å². The van der Waals surface area contributed by atoms with E-state index < -0.39 is 0 Å². The molecule has 1 aromatic heterocycles. The van der Waals surface area contributed by atoms with Gasteiger partial charge in [0.1, 0.15) is 0 Å². The minimum atomic E-state index is 0.632. The highest BCUT2D eigenvalue weighted by atomic mass is 35.5. The second-order valence-corrected chi connectivity index (χ2v) is 5.61. The highest BCUT2D eigenvalue weighted by Gasteiger charge is 2.13. The van der Waals surface area contributed by atoms with Crippen molar-refractivity contribution in [1.82, 2.24) is 9.88 Å². The van der Waals surface area contributed by atoms with Gasteiger partial charge in [-0.3, -0.25) is 4.98 Å². The van der Waals surface area contributed by atoms with Crippen molar-refractivity contribution < 1.29 is 0 Å². The molecule has 1 atom stereocenters. The van der Waals surface area contributed by atoms with E-state index in [1.807, 2.05) is 6.07 Å². The third kappa shape index (κ3) is 4.14. The first-order valence-electron chi connectivity index (χ1n) is 6.81. The van der Waals surface area contributed by atoms with E-state index in [1.54, 1.807) is 12.4 Å². The van der Waals surface area contributed by atoms with Gasteiger partial charge in [0.2, 0.25) is 0 Å². The predicted molar refractivity (Wildman–Crippen MR) is 77.2 cm³/mol. The summed E-state index contributed by atoms with van der Waals surface area (Å²) in [5.41, 5.74) is 0.983. The first kappa shape index (κ1) is 13.6. The Bertz CT molecular complexity index is 364. The number of halogens is 1. The molecule has 0 bridgehead atoms. The summed E-state index contributed by atoms with van der Waals surface area (Å²) < 4.78 is 0. The van der Waals surface area contributed by atoms with Crippen LogP contribution in [0.5, 0.6) is 0 Å². The molecule has 0 spiro atoms. The standard InChI is InChI=1S/C14H22ClN3/c1-12(11-18-7-3-2-4-8-18)9-17-14-5-6-16-10-13(14)15/h5-6,10,12H,2-4,7-9,11H2,1H3,(H,16,17). The SMILES string of the molecule is CC(CNc1ccncc1Cl)CN1CCCCC1. The van der Waals surface area contributed by atoms with Gasteiger partial charge in [0, 0.05) is 25.5 Å². The number of nitrogens with zero attached hydrogens (tertiary/aromatic N) is 2. The number of anilines is 1. The summed E-state index contributed by atoms with van der Waals surface area (Å²) >= 11 is 6.06. The van der Waals surface area contributed by atoms with Crippen LogP contribution >= 0.6 is 11.6 Å². The Balaban J connectivity index is 1.74. The van der Waals surface area contributed by atoms with Crippen LogP contribution in [0.4, 0.5) is 5.69 Å². The van der Waals surface area contributed by atoms with E-state index in [4.69, 9.17) is 11.6 Å². The van der Waals surface area contributed by atoms with E-state index in [-0.39, 0.29) is 0 Å².